The molecule has 1 aromatic rings. The second kappa shape index (κ2) is 5.92. The fraction of sp³-hybridized carbons (Fsp3) is 0.385. The molecular weight excluding hydrogens is 224 g/mol. The fourth-order valence-electron chi connectivity index (χ4n) is 1.26. The second-order valence-electron chi connectivity index (χ2n) is 3.75. The highest BCUT2D eigenvalue weighted by Crippen LogP contribution is 2.28. The van der Waals surface area contributed by atoms with E-state index in [9.17, 15) is 5.11 Å². The van der Waals surface area contributed by atoms with E-state index in [0.29, 0.717) is 22.9 Å². The first-order valence-corrected chi connectivity index (χ1v) is 5.69. The zero-order chi connectivity index (χ0) is 12.1. The van der Waals surface area contributed by atoms with Crippen molar-refractivity contribution in [1.29, 1.82) is 0 Å². The predicted molar refractivity (Wildman–Crippen MR) is 67.0 cm³/mol. The number of halogens is 1. The molecule has 0 fully saturated rings. The van der Waals surface area contributed by atoms with E-state index in [1.165, 1.54) is 0 Å². The van der Waals surface area contributed by atoms with E-state index < -0.39 is 6.10 Å². The first kappa shape index (κ1) is 13.1. The van der Waals surface area contributed by atoms with Gasteiger partial charge in [-0.3, -0.25) is 0 Å². The van der Waals surface area contributed by atoms with E-state index in [1.807, 2.05) is 6.92 Å². The summed E-state index contributed by atoms with van der Waals surface area (Å²) in [7, 11) is 0. The number of rotatable bonds is 5. The first-order valence-electron chi connectivity index (χ1n) is 5.31. The molecule has 0 saturated heterocycles. The molecule has 0 bridgehead atoms. The minimum atomic E-state index is -0.594. The number of hydrogen-bond acceptors (Lipinski definition) is 2. The Labute approximate surface area is 102 Å². The number of ether oxygens (including phenoxy) is 1. The van der Waals surface area contributed by atoms with Gasteiger partial charge in [0.25, 0.3) is 0 Å². The SMILES string of the molecule is C=C(CC)COc1ccc(Cl)cc1[C@H](C)O. The van der Waals surface area contributed by atoms with E-state index in [4.69, 9.17) is 16.3 Å². The van der Waals surface area contributed by atoms with Crippen molar-refractivity contribution >= 4 is 11.6 Å². The van der Waals surface area contributed by atoms with Crippen molar-refractivity contribution in [3.8, 4) is 5.75 Å². The van der Waals surface area contributed by atoms with Crippen molar-refractivity contribution < 1.29 is 9.84 Å². The third-order valence-corrected chi connectivity index (χ3v) is 2.59. The molecule has 0 radical (unpaired) electrons. The quantitative estimate of drug-likeness (QED) is 0.795. The Balaban J connectivity index is 2.82. The van der Waals surface area contributed by atoms with Crippen LogP contribution in [0.15, 0.2) is 30.4 Å². The zero-order valence-corrected chi connectivity index (χ0v) is 10.4. The van der Waals surface area contributed by atoms with Crippen LogP contribution in [0.4, 0.5) is 0 Å². The summed E-state index contributed by atoms with van der Waals surface area (Å²) in [4.78, 5) is 0. The van der Waals surface area contributed by atoms with Gasteiger partial charge < -0.3 is 9.84 Å². The Hall–Kier alpha value is -0.990. The van der Waals surface area contributed by atoms with E-state index in [0.717, 1.165) is 12.0 Å². The highest BCUT2D eigenvalue weighted by Gasteiger charge is 2.10. The van der Waals surface area contributed by atoms with Crippen molar-refractivity contribution in [3.05, 3.63) is 40.9 Å². The van der Waals surface area contributed by atoms with Crippen LogP contribution < -0.4 is 4.74 Å². The van der Waals surface area contributed by atoms with Crippen LogP contribution in [-0.4, -0.2) is 11.7 Å². The lowest BCUT2D eigenvalue weighted by Crippen LogP contribution is -2.03. The highest BCUT2D eigenvalue weighted by atomic mass is 35.5. The molecule has 0 aliphatic heterocycles. The molecule has 1 aromatic carbocycles. The van der Waals surface area contributed by atoms with E-state index in [2.05, 4.69) is 6.58 Å². The molecule has 1 rings (SSSR count). The summed E-state index contributed by atoms with van der Waals surface area (Å²) in [6, 6.07) is 5.24. The molecule has 3 heteroatoms. The van der Waals surface area contributed by atoms with Crippen LogP contribution in [-0.2, 0) is 0 Å². The third kappa shape index (κ3) is 3.54. The van der Waals surface area contributed by atoms with Gasteiger partial charge in [0.2, 0.25) is 0 Å². The highest BCUT2D eigenvalue weighted by molar-refractivity contribution is 6.30. The van der Waals surface area contributed by atoms with Crippen LogP contribution in [0.25, 0.3) is 0 Å². The number of aliphatic hydroxyl groups excluding tert-OH is 1. The van der Waals surface area contributed by atoms with Crippen LogP contribution in [0, 0.1) is 0 Å². The van der Waals surface area contributed by atoms with Crippen molar-refractivity contribution in [2.45, 2.75) is 26.4 Å². The van der Waals surface area contributed by atoms with Gasteiger partial charge in [0.05, 0.1) is 6.10 Å². The molecule has 1 N–H and O–H groups in total. The van der Waals surface area contributed by atoms with Gasteiger partial charge in [0, 0.05) is 10.6 Å². The molecule has 0 unspecified atom stereocenters. The van der Waals surface area contributed by atoms with Crippen LogP contribution in [0.3, 0.4) is 0 Å². The lowest BCUT2D eigenvalue weighted by atomic mass is 10.1. The summed E-state index contributed by atoms with van der Waals surface area (Å²) in [5.41, 5.74) is 1.72. The van der Waals surface area contributed by atoms with Gasteiger partial charge in [-0.05, 0) is 37.1 Å². The van der Waals surface area contributed by atoms with Crippen molar-refractivity contribution in [2.75, 3.05) is 6.61 Å². The third-order valence-electron chi connectivity index (χ3n) is 2.35. The van der Waals surface area contributed by atoms with Crippen LogP contribution in [0.5, 0.6) is 5.75 Å². The van der Waals surface area contributed by atoms with Crippen molar-refractivity contribution in [2.24, 2.45) is 0 Å². The van der Waals surface area contributed by atoms with Gasteiger partial charge in [0.1, 0.15) is 12.4 Å². The molecule has 0 amide bonds. The Morgan fingerprint density at radius 2 is 2.25 bits per heavy atom. The smallest absolute Gasteiger partial charge is 0.125 e. The molecule has 0 aromatic heterocycles. The molecule has 2 nitrogen and oxygen atoms in total. The summed E-state index contributed by atoms with van der Waals surface area (Å²) >= 11 is 5.87. The van der Waals surface area contributed by atoms with Crippen LogP contribution in [0.2, 0.25) is 5.02 Å². The topological polar surface area (TPSA) is 29.5 Å². The Kier molecular flexibility index (Phi) is 4.84. The predicted octanol–water partition coefficient (Wildman–Crippen LogP) is 3.74. The van der Waals surface area contributed by atoms with Gasteiger partial charge in [-0.15, -0.1) is 0 Å². The molecule has 0 saturated carbocycles. The maximum atomic E-state index is 9.59. The minimum absolute atomic E-state index is 0.470. The molecule has 88 valence electrons. The average molecular weight is 241 g/mol. The van der Waals surface area contributed by atoms with Gasteiger partial charge in [-0.1, -0.05) is 25.1 Å². The average Bonchev–Trinajstić information content (AvgIpc) is 2.26. The summed E-state index contributed by atoms with van der Waals surface area (Å²) in [6.45, 7) is 8.06. The van der Waals surface area contributed by atoms with Gasteiger partial charge in [0.15, 0.2) is 0 Å². The summed E-state index contributed by atoms with van der Waals surface area (Å²) in [5.74, 6) is 0.661. The van der Waals surface area contributed by atoms with Gasteiger partial charge >= 0.3 is 0 Å². The Bertz CT molecular complexity index is 372. The first-order chi connectivity index (χ1) is 7.54. The monoisotopic (exact) mass is 240 g/mol. The summed E-state index contributed by atoms with van der Waals surface area (Å²) in [5, 5.41) is 10.2. The van der Waals surface area contributed by atoms with Crippen LogP contribution >= 0.6 is 11.6 Å². The number of aliphatic hydroxyl groups is 1. The molecule has 0 heterocycles. The summed E-state index contributed by atoms with van der Waals surface area (Å²) < 4.78 is 5.59. The molecular formula is C13H17ClO2. The van der Waals surface area contributed by atoms with Gasteiger partial charge in [-0.25, -0.2) is 0 Å². The molecule has 0 spiro atoms. The number of benzene rings is 1. The lowest BCUT2D eigenvalue weighted by Gasteiger charge is -2.14. The maximum Gasteiger partial charge on any atom is 0.125 e. The second-order valence-corrected chi connectivity index (χ2v) is 4.19. The molecule has 0 aliphatic carbocycles. The largest absolute Gasteiger partial charge is 0.489 e. The van der Waals surface area contributed by atoms with Crippen LogP contribution in [0.1, 0.15) is 31.9 Å². The van der Waals surface area contributed by atoms with Crippen molar-refractivity contribution in [3.63, 3.8) is 0 Å². The summed E-state index contributed by atoms with van der Waals surface area (Å²) in [6.07, 6.45) is 0.293. The fourth-order valence-corrected chi connectivity index (χ4v) is 1.44. The minimum Gasteiger partial charge on any atom is -0.489 e. The number of hydrogen-bond donors (Lipinski definition) is 1. The Morgan fingerprint density at radius 1 is 1.56 bits per heavy atom. The zero-order valence-electron chi connectivity index (χ0n) is 9.66. The standard InChI is InChI=1S/C13H17ClO2/c1-4-9(2)8-16-13-6-5-11(14)7-12(13)10(3)15/h5-7,10,15H,2,4,8H2,1,3H3/t10-/m0/s1. The maximum absolute atomic E-state index is 9.59. The molecule has 16 heavy (non-hydrogen) atoms. The molecule has 0 aliphatic rings. The van der Waals surface area contributed by atoms with Crippen molar-refractivity contribution in [1.82, 2.24) is 0 Å². The lowest BCUT2D eigenvalue weighted by molar-refractivity contribution is 0.192. The van der Waals surface area contributed by atoms with Gasteiger partial charge in [-0.2, -0.15) is 0 Å². The normalized spacial score (nSPS) is 12.2. The Morgan fingerprint density at radius 3 is 2.81 bits per heavy atom. The molecule has 1 atom stereocenters. The van der Waals surface area contributed by atoms with E-state index in [-0.39, 0.29) is 0 Å². The van der Waals surface area contributed by atoms with E-state index in [1.54, 1.807) is 25.1 Å². The van der Waals surface area contributed by atoms with E-state index >= 15 is 0 Å².